The van der Waals surface area contributed by atoms with Crippen LogP contribution in [-0.4, -0.2) is 16.7 Å². The van der Waals surface area contributed by atoms with E-state index in [9.17, 15) is 19.7 Å². The highest BCUT2D eigenvalue weighted by Crippen LogP contribution is 2.25. The first kappa shape index (κ1) is 20.1. The number of amides is 2. The summed E-state index contributed by atoms with van der Waals surface area (Å²) in [6.07, 6.45) is 2.70. The topological polar surface area (TPSA) is 101 Å². The van der Waals surface area contributed by atoms with Crippen LogP contribution in [-0.2, 0) is 9.59 Å². The lowest BCUT2D eigenvalue weighted by Gasteiger charge is -2.09. The van der Waals surface area contributed by atoms with Crippen LogP contribution in [0.4, 0.5) is 17.1 Å². The van der Waals surface area contributed by atoms with Crippen molar-refractivity contribution in [1.82, 2.24) is 0 Å². The average Bonchev–Trinajstić information content (AvgIpc) is 2.61. The molecule has 0 aliphatic heterocycles. The molecule has 0 heterocycles. The molecule has 0 spiro atoms. The van der Waals surface area contributed by atoms with Crippen LogP contribution in [0.2, 0.25) is 5.02 Å². The first-order chi connectivity index (χ1) is 12.8. The number of halogens is 1. The van der Waals surface area contributed by atoms with Gasteiger partial charge in [-0.2, -0.15) is 0 Å². The molecule has 0 unspecified atom stereocenters. The summed E-state index contributed by atoms with van der Waals surface area (Å²) in [5.74, 6) is -0.697. The summed E-state index contributed by atoms with van der Waals surface area (Å²) in [5, 5.41) is 16.3. The van der Waals surface area contributed by atoms with Crippen LogP contribution in [0.25, 0.3) is 6.08 Å². The Morgan fingerprint density at radius 1 is 1.11 bits per heavy atom. The van der Waals surface area contributed by atoms with Crippen LogP contribution >= 0.6 is 11.6 Å². The van der Waals surface area contributed by atoms with Crippen LogP contribution in [0.1, 0.15) is 19.4 Å². The minimum Gasteiger partial charge on any atom is -0.326 e. The van der Waals surface area contributed by atoms with Gasteiger partial charge in [0.25, 0.3) is 5.69 Å². The van der Waals surface area contributed by atoms with Gasteiger partial charge in [0.05, 0.1) is 4.92 Å². The van der Waals surface area contributed by atoms with Crippen molar-refractivity contribution in [3.63, 3.8) is 0 Å². The van der Waals surface area contributed by atoms with Gasteiger partial charge >= 0.3 is 0 Å². The first-order valence-corrected chi connectivity index (χ1v) is 8.48. The fourth-order valence-electron chi connectivity index (χ4n) is 2.09. The van der Waals surface area contributed by atoms with E-state index in [1.165, 1.54) is 24.3 Å². The van der Waals surface area contributed by atoms with Crippen molar-refractivity contribution < 1.29 is 14.5 Å². The molecule has 8 heteroatoms. The van der Waals surface area contributed by atoms with E-state index in [4.69, 9.17) is 11.6 Å². The van der Waals surface area contributed by atoms with Gasteiger partial charge in [0.2, 0.25) is 11.8 Å². The number of nitro benzene ring substituents is 1. The highest BCUT2D eigenvalue weighted by Gasteiger charge is 2.12. The molecule has 0 bridgehead atoms. The molecular formula is C19H18ClN3O4. The number of rotatable bonds is 6. The quantitative estimate of drug-likeness (QED) is 0.433. The molecule has 0 aliphatic rings. The van der Waals surface area contributed by atoms with Gasteiger partial charge in [0.15, 0.2) is 0 Å². The average molecular weight is 388 g/mol. The Bertz CT molecular complexity index is 910. The molecule has 0 fully saturated rings. The second kappa shape index (κ2) is 8.95. The molecule has 2 rings (SSSR count). The molecule has 0 aliphatic carbocycles. The molecule has 2 N–H and O–H groups in total. The Labute approximate surface area is 161 Å². The van der Waals surface area contributed by atoms with Crippen molar-refractivity contribution in [2.75, 3.05) is 10.6 Å². The molecular weight excluding hydrogens is 370 g/mol. The van der Waals surface area contributed by atoms with Crippen LogP contribution in [0.3, 0.4) is 0 Å². The maximum Gasteiger partial charge on any atom is 0.288 e. The van der Waals surface area contributed by atoms with E-state index in [0.717, 1.165) is 0 Å². The lowest BCUT2D eigenvalue weighted by Crippen LogP contribution is -2.17. The van der Waals surface area contributed by atoms with Crippen molar-refractivity contribution in [3.05, 3.63) is 69.2 Å². The normalized spacial score (nSPS) is 10.8. The highest BCUT2D eigenvalue weighted by atomic mass is 35.5. The monoisotopic (exact) mass is 387 g/mol. The first-order valence-electron chi connectivity index (χ1n) is 8.10. The molecule has 0 atom stereocenters. The number of hydrogen-bond acceptors (Lipinski definition) is 4. The molecule has 2 amide bonds. The number of nitrogens with one attached hydrogen (secondary N) is 2. The summed E-state index contributed by atoms with van der Waals surface area (Å²) in [7, 11) is 0. The number of carbonyl (C=O) groups excluding carboxylic acids is 2. The number of hydrogen-bond donors (Lipinski definition) is 2. The fourth-order valence-corrected chi connectivity index (χ4v) is 2.28. The zero-order valence-electron chi connectivity index (χ0n) is 14.7. The molecule has 7 nitrogen and oxygen atoms in total. The third kappa shape index (κ3) is 5.93. The van der Waals surface area contributed by atoms with Gasteiger partial charge in [-0.1, -0.05) is 37.6 Å². The predicted molar refractivity (Wildman–Crippen MR) is 106 cm³/mol. The molecule has 0 saturated heterocycles. The van der Waals surface area contributed by atoms with Gasteiger partial charge in [0.1, 0.15) is 5.02 Å². The van der Waals surface area contributed by atoms with E-state index < -0.39 is 10.8 Å². The third-order valence-electron chi connectivity index (χ3n) is 3.52. The lowest BCUT2D eigenvalue weighted by molar-refractivity contribution is -0.384. The minimum absolute atomic E-state index is 0.0295. The van der Waals surface area contributed by atoms with Crippen molar-refractivity contribution in [3.8, 4) is 0 Å². The molecule has 140 valence electrons. The lowest BCUT2D eigenvalue weighted by atomic mass is 10.2. The van der Waals surface area contributed by atoms with Gasteiger partial charge in [-0.25, -0.2) is 0 Å². The van der Waals surface area contributed by atoms with E-state index in [0.29, 0.717) is 16.9 Å². The van der Waals surface area contributed by atoms with E-state index in [2.05, 4.69) is 10.6 Å². The smallest absolute Gasteiger partial charge is 0.288 e. The Morgan fingerprint density at radius 2 is 1.78 bits per heavy atom. The Kier molecular flexibility index (Phi) is 6.67. The minimum atomic E-state index is -0.587. The standard InChI is InChI=1S/C19H18ClN3O4/c1-12(2)19(25)22-15-5-3-4-14(11-15)21-18(24)9-7-13-6-8-16(20)17(10-13)23(26)27/h3-12H,1-2H3,(H,21,24)(H,22,25). The van der Waals surface area contributed by atoms with E-state index in [-0.39, 0.29) is 22.5 Å². The predicted octanol–water partition coefficient (Wildman–Crippen LogP) is 4.49. The van der Waals surface area contributed by atoms with Gasteiger partial charge in [-0.3, -0.25) is 19.7 Å². The zero-order chi connectivity index (χ0) is 20.0. The van der Waals surface area contributed by atoms with Crippen LogP contribution < -0.4 is 10.6 Å². The van der Waals surface area contributed by atoms with Gasteiger partial charge in [-0.05, 0) is 35.9 Å². The molecule has 0 aromatic heterocycles. The summed E-state index contributed by atoms with van der Waals surface area (Å²) in [5.41, 5.74) is 1.32. The van der Waals surface area contributed by atoms with E-state index in [1.807, 2.05) is 0 Å². The summed E-state index contributed by atoms with van der Waals surface area (Å²) in [6.45, 7) is 3.57. The third-order valence-corrected chi connectivity index (χ3v) is 3.84. The summed E-state index contributed by atoms with van der Waals surface area (Å²) in [4.78, 5) is 34.1. The summed E-state index contributed by atoms with van der Waals surface area (Å²) in [6, 6.07) is 11.0. The van der Waals surface area contributed by atoms with Crippen molar-refractivity contribution in [2.45, 2.75) is 13.8 Å². The highest BCUT2D eigenvalue weighted by molar-refractivity contribution is 6.32. The summed E-state index contributed by atoms with van der Waals surface area (Å²) >= 11 is 5.76. The van der Waals surface area contributed by atoms with E-state index in [1.54, 1.807) is 44.2 Å². The molecule has 0 saturated carbocycles. The summed E-state index contributed by atoms with van der Waals surface area (Å²) < 4.78 is 0. The van der Waals surface area contributed by atoms with Crippen molar-refractivity contribution in [1.29, 1.82) is 0 Å². The van der Waals surface area contributed by atoms with Crippen LogP contribution in [0.5, 0.6) is 0 Å². The van der Waals surface area contributed by atoms with Gasteiger partial charge in [-0.15, -0.1) is 0 Å². The molecule has 0 radical (unpaired) electrons. The largest absolute Gasteiger partial charge is 0.326 e. The Balaban J connectivity index is 2.05. The number of anilines is 2. The second-order valence-corrected chi connectivity index (χ2v) is 6.42. The Hall–Kier alpha value is -3.19. The van der Waals surface area contributed by atoms with Crippen LogP contribution in [0, 0.1) is 16.0 Å². The maximum absolute atomic E-state index is 12.1. The van der Waals surface area contributed by atoms with Gasteiger partial charge in [0, 0.05) is 29.4 Å². The second-order valence-electron chi connectivity index (χ2n) is 6.02. The SMILES string of the molecule is CC(C)C(=O)Nc1cccc(NC(=O)C=Cc2ccc(Cl)c([N+](=O)[O-])c2)c1. The zero-order valence-corrected chi connectivity index (χ0v) is 15.5. The van der Waals surface area contributed by atoms with E-state index >= 15 is 0 Å². The molecule has 2 aromatic carbocycles. The van der Waals surface area contributed by atoms with Crippen LogP contribution in [0.15, 0.2) is 48.5 Å². The maximum atomic E-state index is 12.1. The van der Waals surface area contributed by atoms with Gasteiger partial charge < -0.3 is 10.6 Å². The Morgan fingerprint density at radius 3 is 2.41 bits per heavy atom. The van der Waals surface area contributed by atoms with Crippen molar-refractivity contribution >= 4 is 46.6 Å². The fraction of sp³-hybridized carbons (Fsp3) is 0.158. The number of carbonyl (C=O) groups is 2. The molecule has 2 aromatic rings. The van der Waals surface area contributed by atoms with Crippen molar-refractivity contribution in [2.24, 2.45) is 5.92 Å². The number of benzene rings is 2. The molecule has 27 heavy (non-hydrogen) atoms. The number of nitro groups is 1. The number of nitrogens with zero attached hydrogens (tertiary/aromatic N) is 1.